The van der Waals surface area contributed by atoms with Crippen LogP contribution in [0.3, 0.4) is 0 Å². The number of ether oxygens (including phenoxy) is 1. The van der Waals surface area contributed by atoms with Gasteiger partial charge in [-0.15, -0.1) is 0 Å². The monoisotopic (exact) mass is 352 g/mol. The molecule has 138 valence electrons. The molecule has 1 heterocycles. The Kier molecular flexibility index (Phi) is 6.29. The third-order valence-corrected chi connectivity index (χ3v) is 4.98. The highest BCUT2D eigenvalue weighted by atomic mass is 16.5. The third kappa shape index (κ3) is 5.09. The summed E-state index contributed by atoms with van der Waals surface area (Å²) in [6, 6.07) is 16.6. The standard InChI is InChI=1S/C22H28N2O2/c1-18-8-9-19(2)21(16-18)26-17-22(25)24-14-12-23(13-15-24)11-10-20-6-4-3-5-7-20/h3-9,16H,10-15,17H2,1-2H3. The summed E-state index contributed by atoms with van der Waals surface area (Å²) < 4.78 is 5.76. The van der Waals surface area contributed by atoms with Crippen molar-refractivity contribution in [1.82, 2.24) is 9.80 Å². The van der Waals surface area contributed by atoms with Crippen LogP contribution in [0.1, 0.15) is 16.7 Å². The van der Waals surface area contributed by atoms with Crippen LogP contribution in [-0.4, -0.2) is 55.0 Å². The van der Waals surface area contributed by atoms with Crippen LogP contribution in [-0.2, 0) is 11.2 Å². The van der Waals surface area contributed by atoms with E-state index in [-0.39, 0.29) is 12.5 Å². The second-order valence-electron chi connectivity index (χ2n) is 7.02. The molecule has 0 radical (unpaired) electrons. The minimum absolute atomic E-state index is 0.0774. The average molecular weight is 352 g/mol. The number of nitrogens with zero attached hydrogens (tertiary/aromatic N) is 2. The molecule has 4 nitrogen and oxygen atoms in total. The predicted octanol–water partition coefficient (Wildman–Crippen LogP) is 3.07. The van der Waals surface area contributed by atoms with Gasteiger partial charge in [-0.2, -0.15) is 0 Å². The maximum Gasteiger partial charge on any atom is 0.260 e. The van der Waals surface area contributed by atoms with E-state index in [9.17, 15) is 4.79 Å². The minimum Gasteiger partial charge on any atom is -0.483 e. The fourth-order valence-corrected chi connectivity index (χ4v) is 3.25. The summed E-state index contributed by atoms with van der Waals surface area (Å²) in [6.45, 7) is 8.63. The zero-order valence-corrected chi connectivity index (χ0v) is 15.8. The van der Waals surface area contributed by atoms with Gasteiger partial charge >= 0.3 is 0 Å². The highest BCUT2D eigenvalue weighted by Crippen LogP contribution is 2.19. The molecule has 1 amide bonds. The van der Waals surface area contributed by atoms with Crippen LogP contribution in [0.4, 0.5) is 0 Å². The van der Waals surface area contributed by atoms with Crippen molar-refractivity contribution in [3.05, 3.63) is 65.2 Å². The van der Waals surface area contributed by atoms with Crippen molar-refractivity contribution in [2.45, 2.75) is 20.3 Å². The van der Waals surface area contributed by atoms with Gasteiger partial charge in [-0.1, -0.05) is 42.5 Å². The van der Waals surface area contributed by atoms with E-state index >= 15 is 0 Å². The van der Waals surface area contributed by atoms with Crippen molar-refractivity contribution < 1.29 is 9.53 Å². The van der Waals surface area contributed by atoms with Gasteiger partial charge in [0.1, 0.15) is 5.75 Å². The first-order valence-electron chi connectivity index (χ1n) is 9.36. The number of carbonyl (C=O) groups excluding carboxylic acids is 1. The van der Waals surface area contributed by atoms with E-state index in [1.165, 1.54) is 5.56 Å². The molecule has 3 rings (SSSR count). The summed E-state index contributed by atoms with van der Waals surface area (Å²) >= 11 is 0. The topological polar surface area (TPSA) is 32.8 Å². The Bertz CT molecular complexity index is 722. The van der Waals surface area contributed by atoms with Crippen LogP contribution >= 0.6 is 0 Å². The van der Waals surface area contributed by atoms with Gasteiger partial charge in [-0.25, -0.2) is 0 Å². The van der Waals surface area contributed by atoms with E-state index in [1.54, 1.807) is 0 Å². The lowest BCUT2D eigenvalue weighted by molar-refractivity contribution is -0.135. The van der Waals surface area contributed by atoms with E-state index in [2.05, 4.69) is 35.2 Å². The zero-order valence-electron chi connectivity index (χ0n) is 15.8. The van der Waals surface area contributed by atoms with Gasteiger partial charge in [-0.05, 0) is 43.0 Å². The zero-order chi connectivity index (χ0) is 18.4. The number of benzene rings is 2. The van der Waals surface area contributed by atoms with Crippen LogP contribution < -0.4 is 4.74 Å². The van der Waals surface area contributed by atoms with Crippen molar-refractivity contribution in [3.8, 4) is 5.75 Å². The number of piperazine rings is 1. The molecule has 0 aromatic heterocycles. The lowest BCUT2D eigenvalue weighted by Gasteiger charge is -2.34. The fourth-order valence-electron chi connectivity index (χ4n) is 3.25. The van der Waals surface area contributed by atoms with Crippen molar-refractivity contribution in [2.24, 2.45) is 0 Å². The largest absolute Gasteiger partial charge is 0.483 e. The van der Waals surface area contributed by atoms with Crippen LogP contribution in [0, 0.1) is 13.8 Å². The number of rotatable bonds is 6. The van der Waals surface area contributed by atoms with E-state index in [0.29, 0.717) is 0 Å². The summed E-state index contributed by atoms with van der Waals surface area (Å²) in [5.74, 6) is 0.883. The van der Waals surface area contributed by atoms with E-state index in [1.807, 2.05) is 36.9 Å². The number of carbonyl (C=O) groups is 1. The Labute approximate surface area is 156 Å². The molecule has 1 fully saturated rings. The fraction of sp³-hybridized carbons (Fsp3) is 0.409. The molecular weight excluding hydrogens is 324 g/mol. The van der Waals surface area contributed by atoms with Crippen molar-refractivity contribution in [3.63, 3.8) is 0 Å². The lowest BCUT2D eigenvalue weighted by Crippen LogP contribution is -2.50. The molecule has 4 heteroatoms. The smallest absolute Gasteiger partial charge is 0.260 e. The normalized spacial score (nSPS) is 15.1. The first-order valence-corrected chi connectivity index (χ1v) is 9.36. The van der Waals surface area contributed by atoms with Gasteiger partial charge < -0.3 is 9.64 Å². The second kappa shape index (κ2) is 8.86. The third-order valence-electron chi connectivity index (χ3n) is 4.98. The maximum atomic E-state index is 12.4. The van der Waals surface area contributed by atoms with Crippen LogP contribution in [0.5, 0.6) is 5.75 Å². The number of hydrogen-bond acceptors (Lipinski definition) is 3. The molecule has 0 bridgehead atoms. The Balaban J connectivity index is 1.41. The van der Waals surface area contributed by atoms with E-state index in [4.69, 9.17) is 4.74 Å². The molecule has 0 unspecified atom stereocenters. The highest BCUT2D eigenvalue weighted by Gasteiger charge is 2.21. The van der Waals surface area contributed by atoms with Crippen LogP contribution in [0.25, 0.3) is 0 Å². The quantitative estimate of drug-likeness (QED) is 0.801. The molecule has 1 saturated heterocycles. The predicted molar refractivity (Wildman–Crippen MR) is 105 cm³/mol. The number of aryl methyl sites for hydroxylation is 2. The number of amides is 1. The molecule has 0 spiro atoms. The van der Waals surface area contributed by atoms with Gasteiger partial charge in [-0.3, -0.25) is 9.69 Å². The summed E-state index contributed by atoms with van der Waals surface area (Å²) in [6.07, 6.45) is 1.06. The van der Waals surface area contributed by atoms with Gasteiger partial charge in [0.2, 0.25) is 0 Å². The number of hydrogen-bond donors (Lipinski definition) is 0. The van der Waals surface area contributed by atoms with Crippen molar-refractivity contribution in [2.75, 3.05) is 39.3 Å². The molecular formula is C22H28N2O2. The van der Waals surface area contributed by atoms with Crippen LogP contribution in [0.2, 0.25) is 0 Å². The maximum absolute atomic E-state index is 12.4. The Morgan fingerprint density at radius 1 is 1.00 bits per heavy atom. The van der Waals surface area contributed by atoms with E-state index < -0.39 is 0 Å². The van der Waals surface area contributed by atoms with Crippen molar-refractivity contribution >= 4 is 5.91 Å². The van der Waals surface area contributed by atoms with Crippen LogP contribution in [0.15, 0.2) is 48.5 Å². The lowest BCUT2D eigenvalue weighted by atomic mass is 10.1. The summed E-state index contributed by atoms with van der Waals surface area (Å²) in [5, 5.41) is 0. The molecule has 1 aliphatic heterocycles. The summed E-state index contributed by atoms with van der Waals surface area (Å²) in [7, 11) is 0. The molecule has 26 heavy (non-hydrogen) atoms. The first kappa shape index (κ1) is 18.5. The molecule has 1 aliphatic rings. The average Bonchev–Trinajstić information content (AvgIpc) is 2.68. The molecule has 0 atom stereocenters. The van der Waals surface area contributed by atoms with E-state index in [0.717, 1.165) is 56.0 Å². The Morgan fingerprint density at radius 3 is 2.46 bits per heavy atom. The molecule has 0 N–H and O–H groups in total. The Morgan fingerprint density at radius 2 is 1.73 bits per heavy atom. The highest BCUT2D eigenvalue weighted by molar-refractivity contribution is 5.78. The molecule has 0 saturated carbocycles. The Hall–Kier alpha value is -2.33. The summed E-state index contributed by atoms with van der Waals surface area (Å²) in [5.41, 5.74) is 3.58. The van der Waals surface area contributed by atoms with Crippen molar-refractivity contribution in [1.29, 1.82) is 0 Å². The van der Waals surface area contributed by atoms with Gasteiger partial charge in [0.05, 0.1) is 0 Å². The first-order chi connectivity index (χ1) is 12.6. The SMILES string of the molecule is Cc1ccc(C)c(OCC(=O)N2CCN(CCc3ccccc3)CC2)c1. The minimum atomic E-state index is 0.0774. The molecule has 2 aromatic rings. The van der Waals surface area contributed by atoms with Gasteiger partial charge in [0.15, 0.2) is 6.61 Å². The van der Waals surface area contributed by atoms with Gasteiger partial charge in [0.25, 0.3) is 5.91 Å². The van der Waals surface area contributed by atoms with Gasteiger partial charge in [0, 0.05) is 32.7 Å². The summed E-state index contributed by atoms with van der Waals surface area (Å²) in [4.78, 5) is 16.8. The molecule has 0 aliphatic carbocycles. The second-order valence-corrected chi connectivity index (χ2v) is 7.02. The molecule has 2 aromatic carbocycles.